The largest absolute Gasteiger partial charge is 0.462 e. The van der Waals surface area contributed by atoms with Crippen molar-refractivity contribution in [3.05, 3.63) is 24.7 Å². The van der Waals surface area contributed by atoms with E-state index in [1.54, 1.807) is 18.6 Å². The van der Waals surface area contributed by atoms with Crippen molar-refractivity contribution in [3.63, 3.8) is 0 Å². The normalized spacial score (nSPS) is 20.4. The zero-order valence-electron chi connectivity index (χ0n) is 10.4. The third-order valence-electron chi connectivity index (χ3n) is 3.43. The molecule has 0 radical (unpaired) electrons. The Morgan fingerprint density at radius 1 is 1.44 bits per heavy atom. The van der Waals surface area contributed by atoms with Gasteiger partial charge < -0.3 is 9.64 Å². The molecule has 1 aliphatic heterocycles. The first-order chi connectivity index (χ1) is 8.83. The Labute approximate surface area is 106 Å². The number of nitrogens with zero attached hydrogens (tertiary/aromatic N) is 4. The topological polar surface area (TPSA) is 51.1 Å². The van der Waals surface area contributed by atoms with Crippen molar-refractivity contribution in [2.75, 3.05) is 20.2 Å². The van der Waals surface area contributed by atoms with Crippen molar-refractivity contribution in [2.45, 2.75) is 18.9 Å². The van der Waals surface area contributed by atoms with E-state index in [4.69, 9.17) is 4.74 Å². The van der Waals surface area contributed by atoms with E-state index in [2.05, 4.69) is 26.9 Å². The first-order valence-corrected chi connectivity index (χ1v) is 6.23. The number of likely N-dealkylation sites (tertiary alicyclic amines) is 1. The summed E-state index contributed by atoms with van der Waals surface area (Å²) in [7, 11) is 2.13. The number of aromatic nitrogens is 3. The molecule has 0 unspecified atom stereocenters. The summed E-state index contributed by atoms with van der Waals surface area (Å²) in [4.78, 5) is 14.9. The predicted molar refractivity (Wildman–Crippen MR) is 68.5 cm³/mol. The molecule has 1 saturated heterocycles. The van der Waals surface area contributed by atoms with Crippen molar-refractivity contribution in [2.24, 2.45) is 0 Å². The molecule has 5 heteroatoms. The summed E-state index contributed by atoms with van der Waals surface area (Å²) in [5.74, 6) is 0. The molecule has 18 heavy (non-hydrogen) atoms. The van der Waals surface area contributed by atoms with Crippen LogP contribution in [0.2, 0.25) is 0 Å². The summed E-state index contributed by atoms with van der Waals surface area (Å²) in [5, 5.41) is 0.933. The summed E-state index contributed by atoms with van der Waals surface area (Å²) in [6, 6.07) is 2.81. The Balaban J connectivity index is 1.71. The SMILES string of the molecule is CN1CCC[C@H]1COc1ncc2cnccc2n1. The third-order valence-corrected chi connectivity index (χ3v) is 3.43. The molecule has 0 saturated carbocycles. The molecular weight excluding hydrogens is 228 g/mol. The van der Waals surface area contributed by atoms with Gasteiger partial charge in [0.25, 0.3) is 0 Å². The number of pyridine rings is 1. The smallest absolute Gasteiger partial charge is 0.316 e. The summed E-state index contributed by atoms with van der Waals surface area (Å²) >= 11 is 0. The number of ether oxygens (including phenoxy) is 1. The Morgan fingerprint density at radius 3 is 3.22 bits per heavy atom. The zero-order valence-corrected chi connectivity index (χ0v) is 10.4. The molecule has 0 N–H and O–H groups in total. The molecule has 1 fully saturated rings. The number of hydrogen-bond acceptors (Lipinski definition) is 5. The van der Waals surface area contributed by atoms with E-state index in [1.807, 2.05) is 6.07 Å². The molecule has 0 aromatic carbocycles. The maximum Gasteiger partial charge on any atom is 0.316 e. The van der Waals surface area contributed by atoms with Crippen LogP contribution in [0.5, 0.6) is 6.01 Å². The molecule has 3 heterocycles. The first kappa shape index (κ1) is 11.3. The molecule has 0 amide bonds. The van der Waals surface area contributed by atoms with Crippen LogP contribution in [-0.2, 0) is 0 Å². The Bertz CT molecular complexity index is 545. The molecule has 5 nitrogen and oxygen atoms in total. The van der Waals surface area contributed by atoms with Crippen LogP contribution in [0.1, 0.15) is 12.8 Å². The third kappa shape index (κ3) is 2.26. The second kappa shape index (κ2) is 4.86. The summed E-state index contributed by atoms with van der Waals surface area (Å²) in [6.07, 6.45) is 7.67. The number of rotatable bonds is 3. The molecule has 0 bridgehead atoms. The quantitative estimate of drug-likeness (QED) is 0.819. The van der Waals surface area contributed by atoms with Gasteiger partial charge in [0.2, 0.25) is 0 Å². The van der Waals surface area contributed by atoms with E-state index < -0.39 is 0 Å². The van der Waals surface area contributed by atoms with Crippen molar-refractivity contribution >= 4 is 10.9 Å². The lowest BCUT2D eigenvalue weighted by molar-refractivity contribution is 0.188. The van der Waals surface area contributed by atoms with E-state index in [0.717, 1.165) is 17.4 Å². The van der Waals surface area contributed by atoms with Crippen LogP contribution < -0.4 is 4.74 Å². The molecule has 3 rings (SSSR count). The fraction of sp³-hybridized carbons (Fsp3) is 0.462. The fourth-order valence-corrected chi connectivity index (χ4v) is 2.29. The number of likely N-dealkylation sites (N-methyl/N-ethyl adjacent to an activating group) is 1. The summed E-state index contributed by atoms with van der Waals surface area (Å²) < 4.78 is 5.68. The van der Waals surface area contributed by atoms with Crippen molar-refractivity contribution in [3.8, 4) is 6.01 Å². The second-order valence-electron chi connectivity index (χ2n) is 4.67. The van der Waals surface area contributed by atoms with E-state index in [-0.39, 0.29) is 0 Å². The molecule has 0 spiro atoms. The lowest BCUT2D eigenvalue weighted by Crippen LogP contribution is -2.30. The zero-order chi connectivity index (χ0) is 12.4. The fourth-order valence-electron chi connectivity index (χ4n) is 2.29. The van der Waals surface area contributed by atoms with Gasteiger partial charge in [-0.05, 0) is 32.5 Å². The van der Waals surface area contributed by atoms with Gasteiger partial charge in [0.15, 0.2) is 0 Å². The second-order valence-corrected chi connectivity index (χ2v) is 4.67. The average molecular weight is 244 g/mol. The minimum Gasteiger partial charge on any atom is -0.462 e. The molecular formula is C13H16N4O. The van der Waals surface area contributed by atoms with Crippen LogP contribution in [0.4, 0.5) is 0 Å². The van der Waals surface area contributed by atoms with Gasteiger partial charge in [0, 0.05) is 30.0 Å². The van der Waals surface area contributed by atoms with Gasteiger partial charge in [-0.15, -0.1) is 0 Å². The van der Waals surface area contributed by atoms with Crippen LogP contribution in [-0.4, -0.2) is 46.1 Å². The van der Waals surface area contributed by atoms with E-state index in [9.17, 15) is 0 Å². The highest BCUT2D eigenvalue weighted by molar-refractivity contribution is 5.76. The van der Waals surface area contributed by atoms with Crippen molar-refractivity contribution in [1.82, 2.24) is 19.9 Å². The van der Waals surface area contributed by atoms with Gasteiger partial charge in [-0.2, -0.15) is 4.98 Å². The van der Waals surface area contributed by atoms with Gasteiger partial charge >= 0.3 is 6.01 Å². The van der Waals surface area contributed by atoms with Crippen LogP contribution in [0.25, 0.3) is 10.9 Å². The highest BCUT2D eigenvalue weighted by atomic mass is 16.5. The lowest BCUT2D eigenvalue weighted by atomic mass is 10.2. The Morgan fingerprint density at radius 2 is 2.39 bits per heavy atom. The lowest BCUT2D eigenvalue weighted by Gasteiger charge is -2.18. The van der Waals surface area contributed by atoms with Crippen LogP contribution in [0.15, 0.2) is 24.7 Å². The van der Waals surface area contributed by atoms with Gasteiger partial charge in [0.05, 0.1) is 5.52 Å². The maximum absolute atomic E-state index is 5.68. The van der Waals surface area contributed by atoms with Crippen molar-refractivity contribution < 1.29 is 4.74 Å². The number of hydrogen-bond donors (Lipinski definition) is 0. The van der Waals surface area contributed by atoms with E-state index >= 15 is 0 Å². The Hall–Kier alpha value is -1.75. The Kier molecular flexibility index (Phi) is 3.06. The number of fused-ring (bicyclic) bond motifs is 1. The molecule has 1 atom stereocenters. The first-order valence-electron chi connectivity index (χ1n) is 6.23. The molecule has 1 aliphatic rings. The van der Waals surface area contributed by atoms with Crippen LogP contribution in [0, 0.1) is 0 Å². The van der Waals surface area contributed by atoms with E-state index in [0.29, 0.717) is 18.7 Å². The highest BCUT2D eigenvalue weighted by Crippen LogP contribution is 2.16. The molecule has 0 aliphatic carbocycles. The molecule has 2 aromatic heterocycles. The van der Waals surface area contributed by atoms with Gasteiger partial charge in [-0.1, -0.05) is 0 Å². The van der Waals surface area contributed by atoms with Gasteiger partial charge in [-0.3, -0.25) is 4.98 Å². The van der Waals surface area contributed by atoms with Gasteiger partial charge in [-0.25, -0.2) is 4.98 Å². The maximum atomic E-state index is 5.68. The minimum atomic E-state index is 0.453. The summed E-state index contributed by atoms with van der Waals surface area (Å²) in [6.45, 7) is 1.81. The standard InChI is InChI=1S/C13H16N4O/c1-17-6-2-3-11(17)9-18-13-15-8-10-7-14-5-4-12(10)16-13/h4-5,7-8,11H,2-3,6,9H2,1H3/t11-/m0/s1. The average Bonchev–Trinajstić information content (AvgIpc) is 2.82. The predicted octanol–water partition coefficient (Wildman–Crippen LogP) is 1.50. The highest BCUT2D eigenvalue weighted by Gasteiger charge is 2.21. The van der Waals surface area contributed by atoms with Crippen LogP contribution in [0.3, 0.4) is 0 Å². The van der Waals surface area contributed by atoms with Gasteiger partial charge in [0.1, 0.15) is 6.61 Å². The van der Waals surface area contributed by atoms with E-state index in [1.165, 1.54) is 12.8 Å². The molecule has 94 valence electrons. The van der Waals surface area contributed by atoms with Crippen molar-refractivity contribution in [1.29, 1.82) is 0 Å². The minimum absolute atomic E-state index is 0.453. The summed E-state index contributed by atoms with van der Waals surface area (Å²) in [5.41, 5.74) is 0.870. The van der Waals surface area contributed by atoms with Crippen LogP contribution >= 0.6 is 0 Å². The monoisotopic (exact) mass is 244 g/mol. The molecule has 2 aromatic rings.